The van der Waals surface area contributed by atoms with Gasteiger partial charge in [-0.15, -0.1) is 5.10 Å². The van der Waals surface area contributed by atoms with Crippen molar-refractivity contribution in [2.45, 2.75) is 6.61 Å². The summed E-state index contributed by atoms with van der Waals surface area (Å²) < 4.78 is 22.5. The van der Waals surface area contributed by atoms with E-state index in [4.69, 9.17) is 16.3 Å². The summed E-state index contributed by atoms with van der Waals surface area (Å²) in [7, 11) is 1.76. The number of hydrogen-bond donors (Lipinski definition) is 1. The van der Waals surface area contributed by atoms with Crippen molar-refractivity contribution in [3.63, 3.8) is 0 Å². The highest BCUT2D eigenvalue weighted by molar-refractivity contribution is 7.10. The summed E-state index contributed by atoms with van der Waals surface area (Å²) in [6, 6.07) is 4.38. The van der Waals surface area contributed by atoms with Crippen molar-refractivity contribution in [2.24, 2.45) is 0 Å². The van der Waals surface area contributed by atoms with E-state index in [0.717, 1.165) is 5.00 Å². The minimum atomic E-state index is -0.494. The molecule has 1 heterocycles. The largest absolute Gasteiger partial charge is 0.482 e. The zero-order valence-corrected chi connectivity index (χ0v) is 10.5. The third-order valence-corrected chi connectivity index (χ3v) is 3.14. The number of nitrogens with one attached hydrogen (secondary N) is 1. The van der Waals surface area contributed by atoms with Crippen LogP contribution in [0.15, 0.2) is 18.2 Å². The average Bonchev–Trinajstić information content (AvgIpc) is 2.76. The molecule has 0 bridgehead atoms. The van der Waals surface area contributed by atoms with Gasteiger partial charge in [0.2, 0.25) is 0 Å². The third kappa shape index (κ3) is 2.65. The van der Waals surface area contributed by atoms with Crippen LogP contribution in [0.1, 0.15) is 5.69 Å². The molecule has 0 saturated heterocycles. The maximum atomic E-state index is 13.4. The fourth-order valence-electron chi connectivity index (χ4n) is 1.25. The molecule has 7 heteroatoms. The third-order valence-electron chi connectivity index (χ3n) is 2.05. The molecule has 0 aliphatic heterocycles. The molecular weight excluding hydrogens is 265 g/mol. The second kappa shape index (κ2) is 5.29. The van der Waals surface area contributed by atoms with Gasteiger partial charge < -0.3 is 10.1 Å². The number of hydrogen-bond acceptors (Lipinski definition) is 5. The van der Waals surface area contributed by atoms with Crippen molar-refractivity contribution in [3.05, 3.63) is 34.7 Å². The molecule has 0 aliphatic carbocycles. The maximum absolute atomic E-state index is 13.4. The van der Waals surface area contributed by atoms with Crippen LogP contribution in [-0.4, -0.2) is 16.6 Å². The minimum absolute atomic E-state index is 0.0317. The zero-order valence-electron chi connectivity index (χ0n) is 8.91. The van der Waals surface area contributed by atoms with Gasteiger partial charge in [0.15, 0.2) is 11.6 Å². The van der Waals surface area contributed by atoms with Crippen molar-refractivity contribution < 1.29 is 9.13 Å². The molecule has 0 saturated carbocycles. The number of para-hydroxylation sites is 1. The molecule has 90 valence electrons. The molecule has 4 nitrogen and oxygen atoms in total. The van der Waals surface area contributed by atoms with E-state index in [1.54, 1.807) is 13.1 Å². The van der Waals surface area contributed by atoms with E-state index in [-0.39, 0.29) is 17.4 Å². The first-order chi connectivity index (χ1) is 8.22. The molecule has 0 fully saturated rings. The Morgan fingerprint density at radius 3 is 3.06 bits per heavy atom. The predicted octanol–water partition coefficient (Wildman–Crippen LogP) is 2.95. The lowest BCUT2D eigenvalue weighted by atomic mass is 10.3. The monoisotopic (exact) mass is 273 g/mol. The van der Waals surface area contributed by atoms with Gasteiger partial charge in [0.1, 0.15) is 17.3 Å². The number of halogens is 2. The lowest BCUT2D eigenvalue weighted by Crippen LogP contribution is -2.01. The summed E-state index contributed by atoms with van der Waals surface area (Å²) in [5.74, 6) is -0.462. The molecule has 2 aromatic rings. The van der Waals surface area contributed by atoms with Crippen molar-refractivity contribution in [1.82, 2.24) is 9.59 Å². The molecule has 0 amide bonds. The van der Waals surface area contributed by atoms with E-state index in [9.17, 15) is 4.39 Å². The molecule has 0 spiro atoms. The molecular formula is C10H9ClFN3OS. The first kappa shape index (κ1) is 12.1. The molecule has 0 aliphatic rings. The SMILES string of the molecule is CNc1snnc1COc1c(F)cccc1Cl. The first-order valence-electron chi connectivity index (χ1n) is 4.78. The molecule has 2 rings (SSSR count). The topological polar surface area (TPSA) is 47.0 Å². The summed E-state index contributed by atoms with van der Waals surface area (Å²) in [6.45, 7) is 0.118. The van der Waals surface area contributed by atoms with Gasteiger partial charge in [0.25, 0.3) is 0 Å². The Kier molecular flexibility index (Phi) is 3.75. The van der Waals surface area contributed by atoms with Gasteiger partial charge in [-0.3, -0.25) is 0 Å². The highest BCUT2D eigenvalue weighted by atomic mass is 35.5. The van der Waals surface area contributed by atoms with Crippen molar-refractivity contribution in [1.29, 1.82) is 0 Å². The van der Waals surface area contributed by atoms with Gasteiger partial charge >= 0.3 is 0 Å². The Hall–Kier alpha value is -1.40. The van der Waals surface area contributed by atoms with Gasteiger partial charge in [-0.1, -0.05) is 22.2 Å². The van der Waals surface area contributed by atoms with Crippen LogP contribution in [0.2, 0.25) is 5.02 Å². The molecule has 17 heavy (non-hydrogen) atoms. The Bertz CT molecular complexity index is 500. The lowest BCUT2D eigenvalue weighted by molar-refractivity contribution is 0.286. The summed E-state index contributed by atoms with van der Waals surface area (Å²) in [5, 5.41) is 7.83. The van der Waals surface area contributed by atoms with E-state index in [0.29, 0.717) is 5.69 Å². The number of nitrogens with zero attached hydrogens (tertiary/aromatic N) is 2. The maximum Gasteiger partial charge on any atom is 0.174 e. The molecule has 1 aromatic heterocycles. The van der Waals surface area contributed by atoms with Crippen LogP contribution >= 0.6 is 23.1 Å². The lowest BCUT2D eigenvalue weighted by Gasteiger charge is -2.07. The second-order valence-corrected chi connectivity index (χ2v) is 4.30. The van der Waals surface area contributed by atoms with Crippen molar-refractivity contribution in [2.75, 3.05) is 12.4 Å². The molecule has 0 atom stereocenters. The smallest absolute Gasteiger partial charge is 0.174 e. The number of rotatable bonds is 4. The Balaban J connectivity index is 2.13. The molecule has 0 unspecified atom stereocenters. The van der Waals surface area contributed by atoms with E-state index in [1.807, 2.05) is 0 Å². The van der Waals surface area contributed by atoms with Crippen LogP contribution < -0.4 is 10.1 Å². The highest BCUT2D eigenvalue weighted by Gasteiger charge is 2.11. The van der Waals surface area contributed by atoms with Crippen LogP contribution in [-0.2, 0) is 6.61 Å². The molecule has 1 N–H and O–H groups in total. The van der Waals surface area contributed by atoms with E-state index >= 15 is 0 Å². The fraction of sp³-hybridized carbons (Fsp3) is 0.200. The van der Waals surface area contributed by atoms with Crippen LogP contribution in [0.3, 0.4) is 0 Å². The van der Waals surface area contributed by atoms with E-state index in [2.05, 4.69) is 14.9 Å². The summed E-state index contributed by atoms with van der Waals surface area (Å²) >= 11 is 7.04. The Labute approximate surface area is 107 Å². The first-order valence-corrected chi connectivity index (χ1v) is 5.93. The predicted molar refractivity (Wildman–Crippen MR) is 65.2 cm³/mol. The molecule has 1 aromatic carbocycles. The van der Waals surface area contributed by atoms with Crippen LogP contribution in [0.5, 0.6) is 5.75 Å². The number of aromatic nitrogens is 2. The van der Waals surface area contributed by atoms with Gasteiger partial charge in [0, 0.05) is 18.6 Å². The van der Waals surface area contributed by atoms with Crippen molar-refractivity contribution >= 4 is 28.1 Å². The van der Waals surface area contributed by atoms with Gasteiger partial charge in [-0.25, -0.2) is 4.39 Å². The normalized spacial score (nSPS) is 10.3. The van der Waals surface area contributed by atoms with Crippen molar-refractivity contribution in [3.8, 4) is 5.75 Å². The minimum Gasteiger partial charge on any atom is -0.482 e. The average molecular weight is 274 g/mol. The number of anilines is 1. The van der Waals surface area contributed by atoms with Crippen LogP contribution in [0, 0.1) is 5.82 Å². The van der Waals surface area contributed by atoms with Crippen LogP contribution in [0.4, 0.5) is 9.39 Å². The van der Waals surface area contributed by atoms with E-state index in [1.165, 1.54) is 23.7 Å². The standard InChI is InChI=1S/C10H9ClFN3OS/c1-13-10-8(14-15-17-10)5-16-9-6(11)3-2-4-7(9)12/h2-4,13H,5H2,1H3. The summed E-state index contributed by atoms with van der Waals surface area (Å²) in [5.41, 5.74) is 0.622. The Morgan fingerprint density at radius 1 is 1.53 bits per heavy atom. The molecule has 0 radical (unpaired) electrons. The fourth-order valence-corrected chi connectivity index (χ4v) is 1.99. The van der Waals surface area contributed by atoms with Gasteiger partial charge in [-0.2, -0.15) is 0 Å². The Morgan fingerprint density at radius 2 is 2.35 bits per heavy atom. The summed E-state index contributed by atoms with van der Waals surface area (Å²) in [6.07, 6.45) is 0. The number of benzene rings is 1. The number of ether oxygens (including phenoxy) is 1. The van der Waals surface area contributed by atoms with Gasteiger partial charge in [0.05, 0.1) is 5.02 Å². The zero-order chi connectivity index (χ0) is 12.3. The highest BCUT2D eigenvalue weighted by Crippen LogP contribution is 2.28. The van der Waals surface area contributed by atoms with Gasteiger partial charge in [-0.05, 0) is 12.1 Å². The quantitative estimate of drug-likeness (QED) is 0.930. The van der Waals surface area contributed by atoms with E-state index < -0.39 is 5.82 Å². The summed E-state index contributed by atoms with van der Waals surface area (Å²) in [4.78, 5) is 0. The second-order valence-electron chi connectivity index (χ2n) is 3.14. The van der Waals surface area contributed by atoms with Crippen LogP contribution in [0.25, 0.3) is 0 Å².